The molecule has 0 spiro atoms. The van der Waals surface area contributed by atoms with Crippen LogP contribution in [0, 0.1) is 11.2 Å². The smallest absolute Gasteiger partial charge is 0.147 e. The molecule has 0 atom stereocenters. The number of hydrogen-bond acceptors (Lipinski definition) is 2. The monoisotopic (exact) mass is 280 g/mol. The van der Waals surface area contributed by atoms with Crippen LogP contribution >= 0.6 is 12.2 Å². The molecule has 0 amide bonds. The van der Waals surface area contributed by atoms with Crippen molar-refractivity contribution in [3.8, 4) is 0 Å². The highest BCUT2D eigenvalue weighted by molar-refractivity contribution is 7.80. The fraction of sp³-hybridized carbons (Fsp3) is 0.533. The van der Waals surface area contributed by atoms with Crippen molar-refractivity contribution in [2.45, 2.75) is 33.1 Å². The van der Waals surface area contributed by atoms with Crippen LogP contribution in [0.3, 0.4) is 0 Å². The molecule has 0 radical (unpaired) electrons. The third-order valence-electron chi connectivity index (χ3n) is 4.40. The lowest BCUT2D eigenvalue weighted by Gasteiger charge is -2.40. The van der Waals surface area contributed by atoms with E-state index in [0.29, 0.717) is 16.7 Å². The van der Waals surface area contributed by atoms with Crippen molar-refractivity contribution in [1.29, 1.82) is 0 Å². The van der Waals surface area contributed by atoms with Crippen molar-refractivity contribution in [2.24, 2.45) is 11.1 Å². The van der Waals surface area contributed by atoms with Gasteiger partial charge >= 0.3 is 0 Å². The summed E-state index contributed by atoms with van der Waals surface area (Å²) < 4.78 is 14.1. The first-order chi connectivity index (χ1) is 8.95. The minimum Gasteiger partial charge on any atom is -0.389 e. The van der Waals surface area contributed by atoms with Crippen molar-refractivity contribution < 1.29 is 4.39 Å². The summed E-state index contributed by atoms with van der Waals surface area (Å²) in [6.45, 7) is 6.37. The molecule has 1 aliphatic rings. The minimum atomic E-state index is -0.231. The predicted octanol–water partition coefficient (Wildman–Crippen LogP) is 3.48. The molecule has 1 fully saturated rings. The second-order valence-corrected chi connectivity index (χ2v) is 6.12. The molecule has 1 aromatic carbocycles. The fourth-order valence-electron chi connectivity index (χ4n) is 2.56. The SMILES string of the molecule is CCC1(C)CCN(c2ccc(C(N)=S)cc2F)CC1. The third kappa shape index (κ3) is 3.06. The molecule has 104 valence electrons. The molecular formula is C15H21FN2S. The van der Waals surface area contributed by atoms with Gasteiger partial charge in [0.2, 0.25) is 0 Å². The molecule has 0 aliphatic carbocycles. The van der Waals surface area contributed by atoms with Gasteiger partial charge in [0.25, 0.3) is 0 Å². The maximum Gasteiger partial charge on any atom is 0.147 e. The number of thiocarbonyl (C=S) groups is 1. The summed E-state index contributed by atoms with van der Waals surface area (Å²) in [6, 6.07) is 5.03. The van der Waals surface area contributed by atoms with Gasteiger partial charge in [-0.15, -0.1) is 0 Å². The van der Waals surface area contributed by atoms with E-state index in [1.165, 1.54) is 12.5 Å². The van der Waals surface area contributed by atoms with E-state index in [0.717, 1.165) is 25.9 Å². The Balaban J connectivity index is 2.14. The van der Waals surface area contributed by atoms with Gasteiger partial charge in [-0.2, -0.15) is 0 Å². The van der Waals surface area contributed by atoms with Crippen LogP contribution in [0.15, 0.2) is 18.2 Å². The van der Waals surface area contributed by atoms with Crippen LogP contribution in [-0.4, -0.2) is 18.1 Å². The largest absolute Gasteiger partial charge is 0.389 e. The van der Waals surface area contributed by atoms with Crippen molar-refractivity contribution in [3.63, 3.8) is 0 Å². The minimum absolute atomic E-state index is 0.231. The van der Waals surface area contributed by atoms with Crippen LogP contribution in [0.4, 0.5) is 10.1 Å². The maximum atomic E-state index is 14.1. The van der Waals surface area contributed by atoms with Crippen LogP contribution in [0.1, 0.15) is 38.7 Å². The van der Waals surface area contributed by atoms with Crippen molar-refractivity contribution in [1.82, 2.24) is 0 Å². The number of rotatable bonds is 3. The molecule has 1 saturated heterocycles. The van der Waals surface area contributed by atoms with Crippen molar-refractivity contribution in [2.75, 3.05) is 18.0 Å². The number of hydrogen-bond donors (Lipinski definition) is 1. The molecule has 4 heteroatoms. The Morgan fingerprint density at radius 3 is 2.53 bits per heavy atom. The quantitative estimate of drug-likeness (QED) is 0.860. The molecule has 0 saturated carbocycles. The normalized spacial score (nSPS) is 18.4. The molecular weight excluding hydrogens is 259 g/mol. The summed E-state index contributed by atoms with van der Waals surface area (Å²) in [5.41, 5.74) is 7.18. The second kappa shape index (κ2) is 5.45. The molecule has 2 nitrogen and oxygen atoms in total. The van der Waals surface area contributed by atoms with E-state index in [-0.39, 0.29) is 10.8 Å². The van der Waals surface area contributed by atoms with E-state index >= 15 is 0 Å². The standard InChI is InChI=1S/C15H21FN2S/c1-3-15(2)6-8-18(9-7-15)13-5-4-11(14(17)19)10-12(13)16/h4-5,10H,3,6-9H2,1-2H3,(H2,17,19). The summed E-state index contributed by atoms with van der Waals surface area (Å²) in [5.74, 6) is -0.231. The van der Waals surface area contributed by atoms with E-state index in [1.54, 1.807) is 12.1 Å². The average Bonchev–Trinajstić information content (AvgIpc) is 2.40. The van der Waals surface area contributed by atoms with E-state index in [1.807, 2.05) is 0 Å². The van der Waals surface area contributed by atoms with Crippen LogP contribution in [0.25, 0.3) is 0 Å². The lowest BCUT2D eigenvalue weighted by atomic mass is 9.78. The van der Waals surface area contributed by atoms with Gasteiger partial charge in [-0.05, 0) is 36.5 Å². The molecule has 2 rings (SSSR count). The van der Waals surface area contributed by atoms with Crippen LogP contribution in [0.2, 0.25) is 0 Å². The number of halogens is 1. The molecule has 19 heavy (non-hydrogen) atoms. The number of benzene rings is 1. The Morgan fingerprint density at radius 2 is 2.05 bits per heavy atom. The lowest BCUT2D eigenvalue weighted by Crippen LogP contribution is -2.38. The molecule has 1 heterocycles. The predicted molar refractivity (Wildman–Crippen MR) is 82.1 cm³/mol. The van der Waals surface area contributed by atoms with Crippen LogP contribution < -0.4 is 10.6 Å². The zero-order valence-corrected chi connectivity index (χ0v) is 12.4. The second-order valence-electron chi connectivity index (χ2n) is 5.68. The topological polar surface area (TPSA) is 29.3 Å². The Morgan fingerprint density at radius 1 is 1.42 bits per heavy atom. The Hall–Kier alpha value is -1.16. The van der Waals surface area contributed by atoms with Gasteiger partial charge in [-0.25, -0.2) is 4.39 Å². The van der Waals surface area contributed by atoms with Crippen molar-refractivity contribution >= 4 is 22.9 Å². The molecule has 0 bridgehead atoms. The Kier molecular flexibility index (Phi) is 4.09. The lowest BCUT2D eigenvalue weighted by molar-refractivity contribution is 0.237. The third-order valence-corrected chi connectivity index (χ3v) is 4.63. The summed E-state index contributed by atoms with van der Waals surface area (Å²) in [7, 11) is 0. The van der Waals surface area contributed by atoms with Gasteiger partial charge in [-0.1, -0.05) is 32.5 Å². The van der Waals surface area contributed by atoms with Crippen molar-refractivity contribution in [3.05, 3.63) is 29.6 Å². The number of nitrogens with zero attached hydrogens (tertiary/aromatic N) is 1. The molecule has 1 aromatic rings. The zero-order valence-electron chi connectivity index (χ0n) is 11.6. The molecule has 0 unspecified atom stereocenters. The highest BCUT2D eigenvalue weighted by Crippen LogP contribution is 2.36. The summed E-state index contributed by atoms with van der Waals surface area (Å²) in [4.78, 5) is 2.36. The number of piperidine rings is 1. The van der Waals surface area contributed by atoms with Gasteiger partial charge in [0, 0.05) is 18.7 Å². The maximum absolute atomic E-state index is 14.1. The highest BCUT2D eigenvalue weighted by atomic mass is 32.1. The Labute approximate surface area is 119 Å². The fourth-order valence-corrected chi connectivity index (χ4v) is 2.68. The van der Waals surface area contributed by atoms with E-state index in [2.05, 4.69) is 18.7 Å². The van der Waals surface area contributed by atoms with Gasteiger partial charge in [0.1, 0.15) is 10.8 Å². The van der Waals surface area contributed by atoms with Crippen LogP contribution in [0.5, 0.6) is 0 Å². The van der Waals surface area contributed by atoms with Gasteiger partial charge in [0.05, 0.1) is 5.69 Å². The first-order valence-corrected chi connectivity index (χ1v) is 7.20. The first kappa shape index (κ1) is 14.3. The average molecular weight is 280 g/mol. The highest BCUT2D eigenvalue weighted by Gasteiger charge is 2.29. The summed E-state index contributed by atoms with van der Waals surface area (Å²) >= 11 is 4.86. The van der Waals surface area contributed by atoms with Gasteiger partial charge in [0.15, 0.2) is 0 Å². The zero-order chi connectivity index (χ0) is 14.0. The Bertz CT molecular complexity index is 479. The number of anilines is 1. The summed E-state index contributed by atoms with van der Waals surface area (Å²) in [5, 5.41) is 0. The van der Waals surface area contributed by atoms with Gasteiger partial charge < -0.3 is 10.6 Å². The molecule has 0 aromatic heterocycles. The van der Waals surface area contributed by atoms with E-state index < -0.39 is 0 Å². The van der Waals surface area contributed by atoms with Crippen LogP contribution in [-0.2, 0) is 0 Å². The molecule has 1 aliphatic heterocycles. The van der Waals surface area contributed by atoms with Gasteiger partial charge in [-0.3, -0.25) is 0 Å². The first-order valence-electron chi connectivity index (χ1n) is 6.79. The summed E-state index contributed by atoms with van der Waals surface area (Å²) in [6.07, 6.45) is 3.41. The van der Waals surface area contributed by atoms with E-state index in [4.69, 9.17) is 18.0 Å². The van der Waals surface area contributed by atoms with E-state index in [9.17, 15) is 4.39 Å². The number of nitrogens with two attached hydrogens (primary N) is 1. The molecule has 2 N–H and O–H groups in total.